The Kier molecular flexibility index (Phi) is 5.46. The number of alkyl halides is 3. The Hall–Kier alpha value is -2.79. The van der Waals surface area contributed by atoms with Crippen molar-refractivity contribution in [2.24, 2.45) is 5.73 Å². The third-order valence-corrected chi connectivity index (χ3v) is 5.11. The van der Waals surface area contributed by atoms with Gasteiger partial charge in [-0.2, -0.15) is 13.2 Å². The highest BCUT2D eigenvalue weighted by Gasteiger charge is 2.46. The van der Waals surface area contributed by atoms with E-state index in [1.807, 2.05) is 0 Å². The fourth-order valence-corrected chi connectivity index (χ4v) is 3.66. The molecular weight excluding hydrogens is 393 g/mol. The van der Waals surface area contributed by atoms with Crippen LogP contribution in [0, 0.1) is 0 Å². The van der Waals surface area contributed by atoms with Crippen molar-refractivity contribution in [2.45, 2.75) is 37.6 Å². The van der Waals surface area contributed by atoms with Crippen LogP contribution in [-0.4, -0.2) is 65.3 Å². The van der Waals surface area contributed by atoms with E-state index in [0.29, 0.717) is 0 Å². The largest absolute Gasteiger partial charge is 0.405 e. The molecule has 8 nitrogen and oxygen atoms in total. The average molecular weight is 412 g/mol. The second kappa shape index (κ2) is 7.56. The van der Waals surface area contributed by atoms with Crippen LogP contribution in [0.2, 0.25) is 0 Å². The van der Waals surface area contributed by atoms with E-state index in [1.54, 1.807) is 0 Å². The first kappa shape index (κ1) is 20.9. The summed E-state index contributed by atoms with van der Waals surface area (Å²) in [6, 6.07) is 1.24. The molecule has 2 aliphatic rings. The van der Waals surface area contributed by atoms with Gasteiger partial charge >= 0.3 is 6.18 Å². The van der Waals surface area contributed by atoms with Crippen molar-refractivity contribution in [1.82, 2.24) is 15.1 Å². The lowest BCUT2D eigenvalue weighted by atomic mass is 10.0. The smallest absolute Gasteiger partial charge is 0.329 e. The standard InChI is InChI=1S/C18H19F3N4O4/c1-24(12(7-22)18(19,20)21)8-9-3-2-4-10-14(9)17(29)25(16(10)28)11-5-6-13(26)23-15(11)27/h2-4,11-12H,5-8,22H2,1H3,(H,23,26,27). The van der Waals surface area contributed by atoms with Gasteiger partial charge in [-0.3, -0.25) is 34.3 Å². The zero-order chi connectivity index (χ0) is 21.5. The molecule has 3 rings (SSSR count). The number of amides is 4. The molecule has 156 valence electrons. The summed E-state index contributed by atoms with van der Waals surface area (Å²) in [4.78, 5) is 50.9. The molecule has 0 aromatic heterocycles. The average Bonchev–Trinajstić information content (AvgIpc) is 2.87. The van der Waals surface area contributed by atoms with Crippen molar-refractivity contribution in [3.8, 4) is 0 Å². The van der Waals surface area contributed by atoms with E-state index >= 15 is 0 Å². The lowest BCUT2D eigenvalue weighted by molar-refractivity contribution is -0.178. The fraction of sp³-hybridized carbons (Fsp3) is 0.444. The van der Waals surface area contributed by atoms with Crippen LogP contribution in [0.15, 0.2) is 18.2 Å². The molecule has 0 radical (unpaired) electrons. The Labute approximate surface area is 163 Å². The highest BCUT2D eigenvalue weighted by Crippen LogP contribution is 2.31. The van der Waals surface area contributed by atoms with Crippen LogP contribution >= 0.6 is 0 Å². The predicted octanol–water partition coefficient (Wildman–Crippen LogP) is 0.409. The maximum Gasteiger partial charge on any atom is 0.405 e. The van der Waals surface area contributed by atoms with Gasteiger partial charge in [0.15, 0.2) is 0 Å². The van der Waals surface area contributed by atoms with Crippen LogP contribution in [0.3, 0.4) is 0 Å². The van der Waals surface area contributed by atoms with Gasteiger partial charge in [-0.1, -0.05) is 12.1 Å². The molecule has 4 amide bonds. The van der Waals surface area contributed by atoms with Crippen LogP contribution in [0.1, 0.15) is 39.1 Å². The van der Waals surface area contributed by atoms with Crippen LogP contribution in [0.4, 0.5) is 13.2 Å². The summed E-state index contributed by atoms with van der Waals surface area (Å²) < 4.78 is 39.4. The maximum absolute atomic E-state index is 13.1. The fourth-order valence-electron chi connectivity index (χ4n) is 3.66. The molecule has 1 aromatic rings. The van der Waals surface area contributed by atoms with Crippen molar-refractivity contribution in [1.29, 1.82) is 0 Å². The van der Waals surface area contributed by atoms with Gasteiger partial charge in [-0.15, -0.1) is 0 Å². The zero-order valence-electron chi connectivity index (χ0n) is 15.5. The maximum atomic E-state index is 13.1. The summed E-state index contributed by atoms with van der Waals surface area (Å²) in [5.74, 6) is -2.73. The number of piperidine rings is 1. The summed E-state index contributed by atoms with van der Waals surface area (Å²) in [6.07, 6.45) is -4.59. The highest BCUT2D eigenvalue weighted by atomic mass is 19.4. The number of carbonyl (C=O) groups excluding carboxylic acids is 4. The van der Waals surface area contributed by atoms with Gasteiger partial charge in [0.1, 0.15) is 12.1 Å². The minimum Gasteiger partial charge on any atom is -0.329 e. The van der Waals surface area contributed by atoms with Gasteiger partial charge in [-0.05, 0) is 25.1 Å². The van der Waals surface area contributed by atoms with Gasteiger partial charge in [0.05, 0.1) is 11.1 Å². The van der Waals surface area contributed by atoms with E-state index in [2.05, 4.69) is 5.32 Å². The molecular formula is C18H19F3N4O4. The Morgan fingerprint density at radius 2 is 1.93 bits per heavy atom. The number of halogens is 3. The van der Waals surface area contributed by atoms with Gasteiger partial charge in [0, 0.05) is 19.5 Å². The lowest BCUT2D eigenvalue weighted by Gasteiger charge is -2.29. The van der Waals surface area contributed by atoms with Gasteiger partial charge in [-0.25, -0.2) is 0 Å². The van der Waals surface area contributed by atoms with Crippen molar-refractivity contribution >= 4 is 23.6 Å². The van der Waals surface area contributed by atoms with E-state index in [1.165, 1.54) is 25.2 Å². The first-order valence-electron chi connectivity index (χ1n) is 8.86. The van der Waals surface area contributed by atoms with Gasteiger partial charge in [0.25, 0.3) is 11.8 Å². The molecule has 3 N–H and O–H groups in total. The summed E-state index contributed by atoms with van der Waals surface area (Å²) in [5, 5.41) is 2.09. The normalized spacial score (nSPS) is 20.9. The topological polar surface area (TPSA) is 113 Å². The molecule has 0 aliphatic carbocycles. The van der Waals surface area contributed by atoms with Crippen LogP contribution in [-0.2, 0) is 16.1 Å². The number of hydrogen-bond donors (Lipinski definition) is 2. The SMILES string of the molecule is CN(Cc1cccc2c1C(=O)N(C1CCC(=O)NC1=O)C2=O)C(CN)C(F)(F)F. The molecule has 29 heavy (non-hydrogen) atoms. The lowest BCUT2D eigenvalue weighted by Crippen LogP contribution is -2.54. The van der Waals surface area contributed by atoms with Crippen LogP contribution in [0.5, 0.6) is 0 Å². The Balaban J connectivity index is 1.91. The third-order valence-electron chi connectivity index (χ3n) is 5.11. The van der Waals surface area contributed by atoms with E-state index < -0.39 is 48.4 Å². The summed E-state index contributed by atoms with van der Waals surface area (Å²) in [7, 11) is 1.23. The van der Waals surface area contributed by atoms with Crippen molar-refractivity contribution in [2.75, 3.05) is 13.6 Å². The first-order valence-corrected chi connectivity index (χ1v) is 8.86. The summed E-state index contributed by atoms with van der Waals surface area (Å²) in [6.45, 7) is -0.933. The Morgan fingerprint density at radius 3 is 2.52 bits per heavy atom. The minimum absolute atomic E-state index is 0.00527. The minimum atomic E-state index is -4.56. The van der Waals surface area contributed by atoms with Crippen LogP contribution in [0.25, 0.3) is 0 Å². The van der Waals surface area contributed by atoms with E-state index in [9.17, 15) is 32.3 Å². The highest BCUT2D eigenvalue weighted by molar-refractivity contribution is 6.24. The Bertz CT molecular complexity index is 886. The second-order valence-corrected chi connectivity index (χ2v) is 7.00. The zero-order valence-corrected chi connectivity index (χ0v) is 15.5. The van der Waals surface area contributed by atoms with Gasteiger partial charge in [0.2, 0.25) is 11.8 Å². The quantitative estimate of drug-likeness (QED) is 0.678. The van der Waals surface area contributed by atoms with E-state index in [0.717, 1.165) is 9.80 Å². The number of rotatable bonds is 5. The third kappa shape index (κ3) is 3.75. The number of nitrogens with one attached hydrogen (secondary N) is 1. The van der Waals surface area contributed by atoms with Crippen molar-refractivity contribution in [3.63, 3.8) is 0 Å². The second-order valence-electron chi connectivity index (χ2n) is 7.00. The number of imide groups is 2. The van der Waals surface area contributed by atoms with Crippen molar-refractivity contribution in [3.05, 3.63) is 34.9 Å². The number of nitrogens with two attached hydrogens (primary N) is 1. The molecule has 0 saturated carbocycles. The molecule has 2 unspecified atom stereocenters. The summed E-state index contributed by atoms with van der Waals surface area (Å²) >= 11 is 0. The molecule has 2 atom stereocenters. The van der Waals surface area contributed by atoms with Gasteiger partial charge < -0.3 is 5.73 Å². The molecule has 0 spiro atoms. The van der Waals surface area contributed by atoms with Crippen LogP contribution < -0.4 is 11.1 Å². The van der Waals surface area contributed by atoms with E-state index in [-0.39, 0.29) is 36.1 Å². The molecule has 1 fully saturated rings. The number of benzene rings is 1. The molecule has 2 heterocycles. The monoisotopic (exact) mass is 412 g/mol. The number of hydrogen-bond acceptors (Lipinski definition) is 6. The molecule has 1 saturated heterocycles. The summed E-state index contributed by atoms with van der Waals surface area (Å²) in [5.41, 5.74) is 5.46. The number of carbonyl (C=O) groups is 4. The first-order chi connectivity index (χ1) is 13.6. The molecule has 2 aliphatic heterocycles. The van der Waals surface area contributed by atoms with Crippen molar-refractivity contribution < 1.29 is 32.3 Å². The Morgan fingerprint density at radius 1 is 1.24 bits per heavy atom. The number of likely N-dealkylation sites (N-methyl/N-ethyl adjacent to an activating group) is 1. The molecule has 11 heteroatoms. The predicted molar refractivity (Wildman–Crippen MR) is 93.5 cm³/mol. The number of fused-ring (bicyclic) bond motifs is 1. The molecule has 0 bridgehead atoms. The number of nitrogens with zero attached hydrogens (tertiary/aromatic N) is 2. The van der Waals surface area contributed by atoms with E-state index in [4.69, 9.17) is 5.73 Å². The molecule has 1 aromatic carbocycles.